The van der Waals surface area contributed by atoms with Crippen LogP contribution >= 0.6 is 15.2 Å². The number of amides is 1. The maximum Gasteiger partial charge on any atom is 0.363 e. The maximum atomic E-state index is 10.9. The molecule has 10 heteroatoms. The molecular formula is C4H9NO7P2. The summed E-state index contributed by atoms with van der Waals surface area (Å²) in [5, 5.41) is -1.04. The largest absolute Gasteiger partial charge is 0.363 e. The van der Waals surface area contributed by atoms with Crippen molar-refractivity contribution in [1.82, 2.24) is 5.32 Å². The van der Waals surface area contributed by atoms with E-state index in [1.807, 2.05) is 0 Å². The third-order valence-corrected chi connectivity index (χ3v) is 6.17. The van der Waals surface area contributed by atoms with Crippen molar-refractivity contribution < 1.29 is 33.5 Å². The van der Waals surface area contributed by atoms with Crippen molar-refractivity contribution in [3.63, 3.8) is 0 Å². The van der Waals surface area contributed by atoms with E-state index in [0.717, 1.165) is 0 Å². The highest BCUT2D eigenvalue weighted by atomic mass is 31.2. The van der Waals surface area contributed by atoms with E-state index in [-0.39, 0.29) is 6.42 Å². The SMILES string of the molecule is O=C1CCC(P(=O)(O)O)(P(=O)(O)O)N1. The number of hydrogen-bond acceptors (Lipinski definition) is 3. The fraction of sp³-hybridized carbons (Fsp3) is 0.750. The van der Waals surface area contributed by atoms with Gasteiger partial charge in [-0.05, 0) is 0 Å². The number of carbonyl (C=O) groups excluding carboxylic acids is 1. The Morgan fingerprint density at radius 2 is 1.57 bits per heavy atom. The Morgan fingerprint density at radius 1 is 1.14 bits per heavy atom. The van der Waals surface area contributed by atoms with Crippen LogP contribution in [0.5, 0.6) is 0 Å². The summed E-state index contributed by atoms with van der Waals surface area (Å²) in [4.78, 5) is 46.1. The van der Waals surface area contributed by atoms with Gasteiger partial charge < -0.3 is 24.9 Å². The lowest BCUT2D eigenvalue weighted by Gasteiger charge is -2.29. The lowest BCUT2D eigenvalue weighted by Crippen LogP contribution is -2.40. The van der Waals surface area contributed by atoms with Crippen LogP contribution in [-0.4, -0.2) is 30.5 Å². The van der Waals surface area contributed by atoms with Crippen molar-refractivity contribution in [2.75, 3.05) is 0 Å². The van der Waals surface area contributed by atoms with Gasteiger partial charge in [-0.2, -0.15) is 0 Å². The van der Waals surface area contributed by atoms with E-state index in [1.165, 1.54) is 0 Å². The van der Waals surface area contributed by atoms with Crippen molar-refractivity contribution >= 4 is 21.1 Å². The molecular weight excluding hydrogens is 236 g/mol. The monoisotopic (exact) mass is 245 g/mol. The van der Waals surface area contributed by atoms with Gasteiger partial charge in [0.05, 0.1) is 0 Å². The van der Waals surface area contributed by atoms with Gasteiger partial charge in [0, 0.05) is 12.8 Å². The van der Waals surface area contributed by atoms with Crippen LogP contribution in [0.15, 0.2) is 0 Å². The van der Waals surface area contributed by atoms with Gasteiger partial charge in [-0.1, -0.05) is 0 Å². The van der Waals surface area contributed by atoms with Crippen molar-refractivity contribution in [1.29, 1.82) is 0 Å². The Bertz CT molecular complexity index is 331. The fourth-order valence-electron chi connectivity index (χ4n) is 1.24. The molecule has 1 heterocycles. The van der Waals surface area contributed by atoms with E-state index in [4.69, 9.17) is 19.6 Å². The van der Waals surface area contributed by atoms with Crippen LogP contribution in [-0.2, 0) is 13.9 Å². The average molecular weight is 245 g/mol. The highest BCUT2D eigenvalue weighted by molar-refractivity contribution is 7.72. The van der Waals surface area contributed by atoms with Gasteiger partial charge in [-0.25, -0.2) is 0 Å². The zero-order valence-corrected chi connectivity index (χ0v) is 8.61. The van der Waals surface area contributed by atoms with Gasteiger partial charge in [0.25, 0.3) is 0 Å². The van der Waals surface area contributed by atoms with E-state index in [9.17, 15) is 13.9 Å². The molecule has 0 aromatic rings. The lowest BCUT2D eigenvalue weighted by atomic mass is 10.4. The molecule has 1 saturated heterocycles. The Labute approximate surface area is 78.6 Å². The topological polar surface area (TPSA) is 144 Å². The summed E-state index contributed by atoms with van der Waals surface area (Å²) in [6, 6.07) is 0. The molecule has 0 saturated carbocycles. The van der Waals surface area contributed by atoms with Crippen molar-refractivity contribution in [2.24, 2.45) is 0 Å². The van der Waals surface area contributed by atoms with Crippen LogP contribution in [0.2, 0.25) is 0 Å². The molecule has 1 amide bonds. The van der Waals surface area contributed by atoms with E-state index >= 15 is 0 Å². The first-order valence-electron chi connectivity index (χ1n) is 3.52. The lowest BCUT2D eigenvalue weighted by molar-refractivity contribution is -0.119. The summed E-state index contributed by atoms with van der Waals surface area (Å²) in [5.74, 6) is -0.781. The minimum absolute atomic E-state index is 0.309. The van der Waals surface area contributed by atoms with Crippen LogP contribution in [0, 0.1) is 0 Å². The molecule has 1 aliphatic heterocycles. The number of nitrogens with one attached hydrogen (secondary N) is 1. The van der Waals surface area contributed by atoms with Gasteiger partial charge in [-0.15, -0.1) is 0 Å². The maximum absolute atomic E-state index is 10.9. The minimum atomic E-state index is -5.10. The van der Waals surface area contributed by atoms with Crippen molar-refractivity contribution in [3.8, 4) is 0 Å². The van der Waals surface area contributed by atoms with Gasteiger partial charge in [0.2, 0.25) is 10.9 Å². The zero-order chi connectivity index (χ0) is 11.2. The third-order valence-electron chi connectivity index (χ3n) is 2.00. The summed E-state index contributed by atoms with van der Waals surface area (Å²) >= 11 is 0. The first-order valence-corrected chi connectivity index (χ1v) is 6.75. The first kappa shape index (κ1) is 11.8. The first-order chi connectivity index (χ1) is 6.10. The highest BCUT2D eigenvalue weighted by Gasteiger charge is 2.63. The molecule has 82 valence electrons. The Hall–Kier alpha value is -0.230. The standard InChI is InChI=1S/C4H9NO7P2/c6-3-1-2-4(5-3,13(7,8)9)14(10,11)12/h1-2H2,(H,5,6)(H2,7,8,9)(H2,10,11,12). The minimum Gasteiger partial charge on any atom is -0.330 e. The van der Waals surface area contributed by atoms with E-state index in [2.05, 4.69) is 0 Å². The summed E-state index contributed by atoms with van der Waals surface area (Å²) in [7, 11) is -10.2. The highest BCUT2D eigenvalue weighted by Crippen LogP contribution is 2.70. The molecule has 0 aliphatic carbocycles. The molecule has 1 rings (SSSR count). The van der Waals surface area contributed by atoms with E-state index in [0.29, 0.717) is 0 Å². The predicted octanol–water partition coefficient (Wildman–Crippen LogP) is -1.09. The number of rotatable bonds is 2. The second-order valence-electron chi connectivity index (χ2n) is 2.95. The van der Waals surface area contributed by atoms with E-state index < -0.39 is 32.5 Å². The molecule has 0 atom stereocenters. The molecule has 1 fully saturated rings. The zero-order valence-electron chi connectivity index (χ0n) is 6.82. The summed E-state index contributed by atoms with van der Waals surface area (Å²) < 4.78 is 21.9. The van der Waals surface area contributed by atoms with Crippen molar-refractivity contribution in [3.05, 3.63) is 0 Å². The molecule has 0 aromatic heterocycles. The van der Waals surface area contributed by atoms with Gasteiger partial charge in [0.1, 0.15) is 0 Å². The molecule has 0 aromatic carbocycles. The molecule has 0 spiro atoms. The van der Waals surface area contributed by atoms with Crippen molar-refractivity contribution in [2.45, 2.75) is 17.9 Å². The number of hydrogen-bond donors (Lipinski definition) is 5. The van der Waals surface area contributed by atoms with Crippen LogP contribution in [0.1, 0.15) is 12.8 Å². The Balaban J connectivity index is 3.26. The molecule has 0 radical (unpaired) electrons. The fourth-order valence-corrected chi connectivity index (χ4v) is 3.95. The third kappa shape index (κ3) is 1.65. The molecule has 0 bridgehead atoms. The van der Waals surface area contributed by atoms with Crippen LogP contribution < -0.4 is 5.32 Å². The van der Waals surface area contributed by atoms with Crippen LogP contribution in [0.4, 0.5) is 0 Å². The molecule has 5 N–H and O–H groups in total. The molecule has 8 nitrogen and oxygen atoms in total. The molecule has 0 unspecified atom stereocenters. The van der Waals surface area contributed by atoms with Gasteiger partial charge >= 0.3 is 15.2 Å². The molecule has 1 aliphatic rings. The van der Waals surface area contributed by atoms with Gasteiger partial charge in [0.15, 0.2) is 0 Å². The Morgan fingerprint density at radius 3 is 1.71 bits per heavy atom. The van der Waals surface area contributed by atoms with E-state index in [1.54, 1.807) is 5.32 Å². The summed E-state index contributed by atoms with van der Waals surface area (Å²) in [5.41, 5.74) is 0. The quantitative estimate of drug-likeness (QED) is 0.388. The summed E-state index contributed by atoms with van der Waals surface area (Å²) in [6.45, 7) is 0. The van der Waals surface area contributed by atoms with Crippen LogP contribution in [0.25, 0.3) is 0 Å². The molecule has 14 heavy (non-hydrogen) atoms. The van der Waals surface area contributed by atoms with Gasteiger partial charge in [-0.3, -0.25) is 13.9 Å². The summed E-state index contributed by atoms with van der Waals surface area (Å²) in [6.07, 6.45) is -0.878. The number of carbonyl (C=O) groups is 1. The smallest absolute Gasteiger partial charge is 0.330 e. The predicted molar refractivity (Wildman–Crippen MR) is 44.2 cm³/mol. The van der Waals surface area contributed by atoms with Crippen LogP contribution in [0.3, 0.4) is 0 Å². The second-order valence-corrected chi connectivity index (χ2v) is 7.01. The Kier molecular flexibility index (Phi) is 2.65. The average Bonchev–Trinajstić information content (AvgIpc) is 2.28. The second kappa shape index (κ2) is 3.13. The normalized spacial score (nSPS) is 22.1.